The van der Waals surface area contributed by atoms with E-state index in [9.17, 15) is 9.59 Å². The Kier molecular flexibility index (Phi) is 4.70. The number of nitrogens with zero attached hydrogens (tertiary/aromatic N) is 1. The maximum atomic E-state index is 11.6. The van der Waals surface area contributed by atoms with Crippen molar-refractivity contribution in [2.75, 3.05) is 26.8 Å². The number of hydrogen-bond acceptors (Lipinski definition) is 4. The van der Waals surface area contributed by atoms with Gasteiger partial charge in [-0.2, -0.15) is 0 Å². The van der Waals surface area contributed by atoms with E-state index < -0.39 is 12.0 Å². The maximum absolute atomic E-state index is 11.6. The topological polar surface area (TPSA) is 78.9 Å². The van der Waals surface area contributed by atoms with E-state index in [1.807, 2.05) is 11.8 Å². The normalized spacial score (nSPS) is 26.5. The molecule has 1 rings (SSSR count). The first kappa shape index (κ1) is 12.9. The molecular formula is C10H18N2O4. The number of nitrogens with one attached hydrogen (secondary N) is 1. The molecule has 1 heterocycles. The Morgan fingerprint density at radius 3 is 2.94 bits per heavy atom. The molecular weight excluding hydrogens is 212 g/mol. The van der Waals surface area contributed by atoms with Crippen LogP contribution in [0.5, 0.6) is 0 Å². The third-order valence-electron chi connectivity index (χ3n) is 2.76. The minimum atomic E-state index is -0.961. The van der Waals surface area contributed by atoms with Crippen LogP contribution >= 0.6 is 0 Å². The summed E-state index contributed by atoms with van der Waals surface area (Å²) in [5, 5.41) is 11.5. The summed E-state index contributed by atoms with van der Waals surface area (Å²) < 4.78 is 4.96. The monoisotopic (exact) mass is 230 g/mol. The van der Waals surface area contributed by atoms with Gasteiger partial charge in [0, 0.05) is 26.2 Å². The summed E-state index contributed by atoms with van der Waals surface area (Å²) in [7, 11) is 1.58. The third kappa shape index (κ3) is 3.18. The number of carboxylic acids is 1. The molecule has 0 aromatic carbocycles. The zero-order chi connectivity index (χ0) is 12.1. The Balaban J connectivity index is 2.69. The molecule has 16 heavy (non-hydrogen) atoms. The Morgan fingerprint density at radius 2 is 2.38 bits per heavy atom. The minimum Gasteiger partial charge on any atom is -0.481 e. The predicted molar refractivity (Wildman–Crippen MR) is 57.1 cm³/mol. The number of carbonyl (C=O) groups excluding carboxylic acids is 1. The molecule has 0 saturated carbocycles. The van der Waals surface area contributed by atoms with Gasteiger partial charge in [0.05, 0.1) is 13.0 Å². The van der Waals surface area contributed by atoms with Gasteiger partial charge in [0.2, 0.25) is 5.91 Å². The number of aliphatic carboxylic acids is 1. The molecule has 6 nitrogen and oxygen atoms in total. The molecule has 0 radical (unpaired) electrons. The summed E-state index contributed by atoms with van der Waals surface area (Å²) in [6, 6.07) is -0.450. The quantitative estimate of drug-likeness (QED) is 0.652. The second-order valence-corrected chi connectivity index (χ2v) is 3.94. The highest BCUT2D eigenvalue weighted by atomic mass is 16.5. The average Bonchev–Trinajstić information content (AvgIpc) is 2.22. The second-order valence-electron chi connectivity index (χ2n) is 3.94. The Hall–Kier alpha value is -1.14. The van der Waals surface area contributed by atoms with Gasteiger partial charge in [0.25, 0.3) is 0 Å². The van der Waals surface area contributed by atoms with E-state index in [0.717, 1.165) is 0 Å². The molecule has 1 amide bonds. The Morgan fingerprint density at radius 1 is 1.69 bits per heavy atom. The molecule has 0 aromatic rings. The van der Waals surface area contributed by atoms with Crippen molar-refractivity contribution in [3.05, 3.63) is 0 Å². The molecule has 2 N–H and O–H groups in total. The fourth-order valence-electron chi connectivity index (χ4n) is 1.89. The van der Waals surface area contributed by atoms with Crippen molar-refractivity contribution in [1.29, 1.82) is 0 Å². The van der Waals surface area contributed by atoms with Crippen molar-refractivity contribution in [1.82, 2.24) is 10.2 Å². The maximum Gasteiger partial charge on any atom is 0.305 e. The Bertz CT molecular complexity index is 270. The van der Waals surface area contributed by atoms with Gasteiger partial charge in [0.15, 0.2) is 0 Å². The van der Waals surface area contributed by atoms with Crippen LogP contribution in [-0.2, 0) is 14.3 Å². The molecule has 1 aliphatic heterocycles. The number of ether oxygens (including phenoxy) is 1. The molecule has 0 bridgehead atoms. The summed E-state index contributed by atoms with van der Waals surface area (Å²) in [4.78, 5) is 24.2. The van der Waals surface area contributed by atoms with E-state index in [4.69, 9.17) is 9.84 Å². The molecule has 6 heteroatoms. The summed E-state index contributed by atoms with van der Waals surface area (Å²) >= 11 is 0. The van der Waals surface area contributed by atoms with E-state index in [0.29, 0.717) is 19.7 Å². The first-order chi connectivity index (χ1) is 7.56. The van der Waals surface area contributed by atoms with Gasteiger partial charge in [-0.15, -0.1) is 0 Å². The lowest BCUT2D eigenvalue weighted by molar-refractivity contribution is -0.144. The van der Waals surface area contributed by atoms with E-state index >= 15 is 0 Å². The van der Waals surface area contributed by atoms with Crippen molar-refractivity contribution < 1.29 is 19.4 Å². The molecule has 0 aliphatic carbocycles. The van der Waals surface area contributed by atoms with Gasteiger partial charge in [-0.25, -0.2) is 0 Å². The number of piperazine rings is 1. The highest BCUT2D eigenvalue weighted by molar-refractivity contribution is 5.86. The first-order valence-electron chi connectivity index (χ1n) is 5.30. The molecule has 1 saturated heterocycles. The number of carbonyl (C=O) groups is 2. The Labute approximate surface area is 94.6 Å². The number of carboxylic acid groups (broad SMARTS) is 1. The van der Waals surface area contributed by atoms with Crippen molar-refractivity contribution in [2.45, 2.75) is 25.4 Å². The van der Waals surface area contributed by atoms with Crippen LogP contribution in [0.1, 0.15) is 13.3 Å². The van der Waals surface area contributed by atoms with Gasteiger partial charge in [-0.1, -0.05) is 0 Å². The smallest absolute Gasteiger partial charge is 0.305 e. The second kappa shape index (κ2) is 5.81. The van der Waals surface area contributed by atoms with Crippen LogP contribution in [0.15, 0.2) is 0 Å². The third-order valence-corrected chi connectivity index (χ3v) is 2.76. The highest BCUT2D eigenvalue weighted by Crippen LogP contribution is 2.13. The van der Waals surface area contributed by atoms with Crippen LogP contribution in [0.3, 0.4) is 0 Å². The molecule has 2 unspecified atom stereocenters. The lowest BCUT2D eigenvalue weighted by Crippen LogP contribution is -2.60. The fraction of sp³-hybridized carbons (Fsp3) is 0.800. The van der Waals surface area contributed by atoms with Crippen molar-refractivity contribution in [2.24, 2.45) is 0 Å². The largest absolute Gasteiger partial charge is 0.481 e. The van der Waals surface area contributed by atoms with Crippen molar-refractivity contribution >= 4 is 11.9 Å². The van der Waals surface area contributed by atoms with Gasteiger partial charge in [-0.3, -0.25) is 14.5 Å². The average molecular weight is 230 g/mol. The van der Waals surface area contributed by atoms with Gasteiger partial charge in [-0.05, 0) is 6.92 Å². The molecule has 1 aliphatic rings. The van der Waals surface area contributed by atoms with Crippen molar-refractivity contribution in [3.8, 4) is 0 Å². The van der Waals surface area contributed by atoms with Crippen molar-refractivity contribution in [3.63, 3.8) is 0 Å². The zero-order valence-electron chi connectivity index (χ0n) is 9.60. The van der Waals surface area contributed by atoms with E-state index in [2.05, 4.69) is 5.32 Å². The van der Waals surface area contributed by atoms with Crippen LogP contribution in [0.4, 0.5) is 0 Å². The van der Waals surface area contributed by atoms with E-state index in [1.54, 1.807) is 7.11 Å². The lowest BCUT2D eigenvalue weighted by atomic mass is 10.1. The minimum absolute atomic E-state index is 0.136. The predicted octanol–water partition coefficient (Wildman–Crippen LogP) is -0.704. The summed E-state index contributed by atoms with van der Waals surface area (Å²) in [5.41, 5.74) is 0. The SMILES string of the molecule is COCCN1C(C)CNC(=O)C1CC(=O)O. The highest BCUT2D eigenvalue weighted by Gasteiger charge is 2.35. The van der Waals surface area contributed by atoms with Crippen LogP contribution in [-0.4, -0.2) is 60.8 Å². The number of rotatable bonds is 5. The van der Waals surface area contributed by atoms with Gasteiger partial charge in [0.1, 0.15) is 6.04 Å². The van der Waals surface area contributed by atoms with Crippen LogP contribution in [0.2, 0.25) is 0 Å². The zero-order valence-corrected chi connectivity index (χ0v) is 9.60. The summed E-state index contributed by atoms with van der Waals surface area (Å²) in [6.45, 7) is 3.58. The number of hydrogen-bond donors (Lipinski definition) is 2. The van der Waals surface area contributed by atoms with Crippen LogP contribution in [0.25, 0.3) is 0 Å². The first-order valence-corrected chi connectivity index (χ1v) is 5.30. The number of amides is 1. The van der Waals surface area contributed by atoms with E-state index in [-0.39, 0.29) is 18.4 Å². The molecule has 92 valence electrons. The molecule has 1 fully saturated rings. The van der Waals surface area contributed by atoms with E-state index in [1.165, 1.54) is 0 Å². The standard InChI is InChI=1S/C10H18N2O4/c1-7-6-11-10(15)8(5-9(13)14)12(7)3-4-16-2/h7-8H,3-6H2,1-2H3,(H,11,15)(H,13,14). The summed E-state index contributed by atoms with van der Waals surface area (Å²) in [5.74, 6) is -1.17. The fourth-order valence-corrected chi connectivity index (χ4v) is 1.89. The molecule has 0 spiro atoms. The van der Waals surface area contributed by atoms with Gasteiger partial charge >= 0.3 is 5.97 Å². The number of methoxy groups -OCH3 is 1. The lowest BCUT2D eigenvalue weighted by Gasteiger charge is -2.39. The molecule has 0 aromatic heterocycles. The van der Waals surface area contributed by atoms with Gasteiger partial charge < -0.3 is 15.2 Å². The summed E-state index contributed by atoms with van der Waals surface area (Å²) in [6.07, 6.45) is -0.167. The van der Waals surface area contributed by atoms with Crippen LogP contribution in [0, 0.1) is 0 Å². The molecule has 2 atom stereocenters. The van der Waals surface area contributed by atoms with Crippen LogP contribution < -0.4 is 5.32 Å².